The lowest BCUT2D eigenvalue weighted by molar-refractivity contribution is -0.119. The van der Waals surface area contributed by atoms with E-state index in [0.29, 0.717) is 0 Å². The Morgan fingerprint density at radius 1 is 1.07 bits per heavy atom. The molecule has 1 aliphatic rings. The summed E-state index contributed by atoms with van der Waals surface area (Å²) in [5.41, 5.74) is 0.205. The molecular weight excluding hydrogens is 355 g/mol. The van der Waals surface area contributed by atoms with Crippen LogP contribution in [0.3, 0.4) is 0 Å². The lowest BCUT2D eigenvalue weighted by Crippen LogP contribution is -2.45. The van der Waals surface area contributed by atoms with E-state index in [9.17, 15) is 23.6 Å². The van der Waals surface area contributed by atoms with Gasteiger partial charge in [-0.3, -0.25) is 19.3 Å². The summed E-state index contributed by atoms with van der Waals surface area (Å²) in [5, 5.41) is 2.31. The van der Waals surface area contributed by atoms with Crippen LogP contribution in [-0.4, -0.2) is 41.7 Å². The summed E-state index contributed by atoms with van der Waals surface area (Å²) in [7, 11) is 1.17. The number of carbonyl (C=O) groups excluding carboxylic acids is 4. The van der Waals surface area contributed by atoms with Gasteiger partial charge in [0, 0.05) is 0 Å². The first-order chi connectivity index (χ1) is 12.8. The van der Waals surface area contributed by atoms with E-state index in [1.165, 1.54) is 32.2 Å². The molecule has 0 aromatic heterocycles. The number of ether oxygens (including phenoxy) is 1. The molecule has 27 heavy (non-hydrogen) atoms. The highest BCUT2D eigenvalue weighted by molar-refractivity contribution is 6.23. The first kappa shape index (κ1) is 18.2. The fraction of sp³-hybridized carbons (Fsp3) is 0.158. The number of hydrogen-bond donors (Lipinski definition) is 1. The molecule has 1 unspecified atom stereocenters. The van der Waals surface area contributed by atoms with Crippen molar-refractivity contribution in [3.63, 3.8) is 0 Å². The maximum absolute atomic E-state index is 14.0. The van der Waals surface area contributed by atoms with E-state index in [1.54, 1.807) is 12.1 Å². The number of halogens is 1. The molecule has 7 nitrogen and oxygen atoms in total. The first-order valence-corrected chi connectivity index (χ1v) is 8.00. The van der Waals surface area contributed by atoms with Crippen molar-refractivity contribution in [3.8, 4) is 0 Å². The average Bonchev–Trinajstić information content (AvgIpc) is 2.93. The third-order valence-corrected chi connectivity index (χ3v) is 4.24. The minimum Gasteiger partial charge on any atom is -0.465 e. The third kappa shape index (κ3) is 3.17. The van der Waals surface area contributed by atoms with Gasteiger partial charge >= 0.3 is 5.97 Å². The molecule has 1 atom stereocenters. The number of imide groups is 1. The summed E-state index contributed by atoms with van der Waals surface area (Å²) < 4.78 is 18.5. The minimum atomic E-state index is -1.18. The lowest BCUT2D eigenvalue weighted by atomic mass is 10.1. The predicted octanol–water partition coefficient (Wildman–Crippen LogP) is 2.24. The quantitative estimate of drug-likeness (QED) is 0.658. The Labute approximate surface area is 153 Å². The van der Waals surface area contributed by atoms with Gasteiger partial charge in [-0.25, -0.2) is 9.18 Å². The predicted molar refractivity (Wildman–Crippen MR) is 92.8 cm³/mol. The van der Waals surface area contributed by atoms with Crippen LogP contribution in [-0.2, 0) is 9.53 Å². The largest absolute Gasteiger partial charge is 0.465 e. The van der Waals surface area contributed by atoms with Gasteiger partial charge in [-0.1, -0.05) is 12.1 Å². The van der Waals surface area contributed by atoms with Crippen molar-refractivity contribution >= 4 is 29.4 Å². The number of methoxy groups -OCH3 is 1. The lowest BCUT2D eigenvalue weighted by Gasteiger charge is -2.22. The van der Waals surface area contributed by atoms with Crippen LogP contribution < -0.4 is 5.32 Å². The second-order valence-corrected chi connectivity index (χ2v) is 5.88. The summed E-state index contributed by atoms with van der Waals surface area (Å²) in [4.78, 5) is 49.8. The molecule has 8 heteroatoms. The minimum absolute atomic E-state index is 0.0441. The van der Waals surface area contributed by atoms with Crippen molar-refractivity contribution in [2.45, 2.75) is 13.0 Å². The number of rotatable bonds is 4. The van der Waals surface area contributed by atoms with E-state index in [4.69, 9.17) is 0 Å². The van der Waals surface area contributed by atoms with Crippen molar-refractivity contribution in [2.24, 2.45) is 0 Å². The number of benzene rings is 2. The normalized spacial score (nSPS) is 14.0. The van der Waals surface area contributed by atoms with Crippen molar-refractivity contribution in [2.75, 3.05) is 12.4 Å². The van der Waals surface area contributed by atoms with Crippen LogP contribution >= 0.6 is 0 Å². The van der Waals surface area contributed by atoms with Crippen LogP contribution in [0.4, 0.5) is 10.1 Å². The molecule has 0 spiro atoms. The van der Waals surface area contributed by atoms with E-state index in [1.807, 2.05) is 0 Å². The topological polar surface area (TPSA) is 92.8 Å². The second kappa shape index (κ2) is 6.99. The molecule has 3 amide bonds. The Bertz CT molecular complexity index is 937. The van der Waals surface area contributed by atoms with Crippen LogP contribution in [0.15, 0.2) is 42.5 Å². The molecule has 138 valence electrons. The summed E-state index contributed by atoms with van der Waals surface area (Å²) in [6.07, 6.45) is 0. The van der Waals surface area contributed by atoms with Crippen LogP contribution in [0.5, 0.6) is 0 Å². The van der Waals surface area contributed by atoms with Crippen molar-refractivity contribution in [1.82, 2.24) is 4.90 Å². The highest BCUT2D eigenvalue weighted by atomic mass is 19.1. The molecule has 1 N–H and O–H groups in total. The molecule has 0 fully saturated rings. The number of anilines is 1. The molecule has 2 aromatic rings. The van der Waals surface area contributed by atoms with E-state index in [0.717, 1.165) is 17.0 Å². The number of amides is 3. The van der Waals surface area contributed by atoms with Gasteiger partial charge in [0.1, 0.15) is 11.9 Å². The molecule has 0 aliphatic carbocycles. The molecule has 1 aliphatic heterocycles. The van der Waals surface area contributed by atoms with E-state index >= 15 is 0 Å². The van der Waals surface area contributed by atoms with Gasteiger partial charge in [0.05, 0.1) is 29.5 Å². The van der Waals surface area contributed by atoms with E-state index in [2.05, 4.69) is 10.1 Å². The van der Waals surface area contributed by atoms with Crippen molar-refractivity contribution in [1.29, 1.82) is 0 Å². The van der Waals surface area contributed by atoms with Crippen LogP contribution in [0, 0.1) is 5.82 Å². The molecule has 0 saturated carbocycles. The zero-order chi connectivity index (χ0) is 19.7. The Hall–Kier alpha value is -3.55. The SMILES string of the molecule is COC(=O)c1ccc(F)c(NC(=O)C(C)N2C(=O)c3ccccc3C2=O)c1. The molecule has 2 aromatic carbocycles. The zero-order valence-electron chi connectivity index (χ0n) is 14.5. The van der Waals surface area contributed by atoms with Gasteiger partial charge in [-0.2, -0.15) is 0 Å². The maximum atomic E-state index is 14.0. The van der Waals surface area contributed by atoms with Crippen molar-refractivity contribution < 1.29 is 28.3 Å². The van der Waals surface area contributed by atoms with Crippen LogP contribution in [0.1, 0.15) is 38.0 Å². The highest BCUT2D eigenvalue weighted by Gasteiger charge is 2.40. The van der Waals surface area contributed by atoms with E-state index in [-0.39, 0.29) is 22.4 Å². The van der Waals surface area contributed by atoms with Gasteiger partial charge in [0.2, 0.25) is 5.91 Å². The Morgan fingerprint density at radius 3 is 2.22 bits per heavy atom. The molecule has 0 radical (unpaired) electrons. The van der Waals surface area contributed by atoms with E-state index < -0.39 is 35.5 Å². The van der Waals surface area contributed by atoms with Gasteiger partial charge in [-0.05, 0) is 37.3 Å². The maximum Gasteiger partial charge on any atom is 0.337 e. The molecule has 0 bridgehead atoms. The molecule has 1 heterocycles. The first-order valence-electron chi connectivity index (χ1n) is 8.00. The summed E-state index contributed by atoms with van der Waals surface area (Å²) in [5.74, 6) is -3.43. The fourth-order valence-corrected chi connectivity index (χ4v) is 2.78. The number of carbonyl (C=O) groups is 4. The summed E-state index contributed by atoms with van der Waals surface area (Å²) in [6.45, 7) is 1.36. The molecule has 0 saturated heterocycles. The number of hydrogen-bond acceptors (Lipinski definition) is 5. The Morgan fingerprint density at radius 2 is 1.67 bits per heavy atom. The standard InChI is InChI=1S/C19H15FN2O5/c1-10(22-17(24)12-5-3-4-6-13(12)18(22)25)16(23)21-15-9-11(19(26)27-2)7-8-14(15)20/h3-10H,1-2H3,(H,21,23). The summed E-state index contributed by atoms with van der Waals surface area (Å²) in [6, 6.07) is 8.39. The highest BCUT2D eigenvalue weighted by Crippen LogP contribution is 2.25. The van der Waals surface area contributed by atoms with Crippen molar-refractivity contribution in [3.05, 3.63) is 65.0 Å². The van der Waals surface area contributed by atoms with Gasteiger partial charge in [0.25, 0.3) is 11.8 Å². The monoisotopic (exact) mass is 370 g/mol. The number of nitrogens with zero attached hydrogens (tertiary/aromatic N) is 1. The fourth-order valence-electron chi connectivity index (χ4n) is 2.78. The number of nitrogens with one attached hydrogen (secondary N) is 1. The Kier molecular flexibility index (Phi) is 4.72. The number of esters is 1. The third-order valence-electron chi connectivity index (χ3n) is 4.24. The molecular formula is C19H15FN2O5. The number of fused-ring (bicyclic) bond motifs is 1. The van der Waals surface area contributed by atoms with Crippen LogP contribution in [0.2, 0.25) is 0 Å². The van der Waals surface area contributed by atoms with Gasteiger partial charge in [-0.15, -0.1) is 0 Å². The Balaban J connectivity index is 1.83. The summed E-state index contributed by atoms with van der Waals surface area (Å²) >= 11 is 0. The smallest absolute Gasteiger partial charge is 0.337 e. The van der Waals surface area contributed by atoms with Gasteiger partial charge < -0.3 is 10.1 Å². The average molecular weight is 370 g/mol. The zero-order valence-corrected chi connectivity index (χ0v) is 14.5. The second-order valence-electron chi connectivity index (χ2n) is 5.88. The van der Waals surface area contributed by atoms with Crippen LogP contribution in [0.25, 0.3) is 0 Å². The van der Waals surface area contributed by atoms with Gasteiger partial charge in [0.15, 0.2) is 0 Å². The molecule has 3 rings (SSSR count).